The van der Waals surface area contributed by atoms with E-state index in [4.69, 9.17) is 0 Å². The van der Waals surface area contributed by atoms with E-state index in [1.165, 1.54) is 17.8 Å². The van der Waals surface area contributed by atoms with E-state index in [1.807, 2.05) is 0 Å². The van der Waals surface area contributed by atoms with Crippen LogP contribution in [-0.2, 0) is 4.57 Å². The number of pyridine rings is 1. The van der Waals surface area contributed by atoms with Gasteiger partial charge in [-0.15, -0.1) is 0 Å². The summed E-state index contributed by atoms with van der Waals surface area (Å²) >= 11 is 0. The first-order valence-corrected chi connectivity index (χ1v) is 12.6. The molecule has 2 aromatic carbocycles. The number of nitrogens with zero attached hydrogens (tertiary/aromatic N) is 1. The third-order valence-electron chi connectivity index (χ3n) is 4.49. The van der Waals surface area contributed by atoms with E-state index >= 15 is 0 Å². The highest BCUT2D eigenvalue weighted by atomic mass is 32.5. The van der Waals surface area contributed by atoms with Gasteiger partial charge in [0, 0.05) is 22.8 Å². The molecular formula is C21H18F5N2OPS. The number of aromatic nitrogens is 1. The summed E-state index contributed by atoms with van der Waals surface area (Å²) in [6, 6.07) is 12.7. The van der Waals surface area contributed by atoms with Gasteiger partial charge in [0.2, 0.25) is 0 Å². The normalized spacial score (nSPS) is 14.2. The molecule has 0 aliphatic heterocycles. The Labute approximate surface area is 176 Å². The van der Waals surface area contributed by atoms with Gasteiger partial charge in [-0.2, -0.15) is 0 Å². The fraction of sp³-hybridized carbons (Fsp3) is 0. The Kier molecular flexibility index (Phi) is 5.19. The Morgan fingerprint density at radius 2 is 1.45 bits per heavy atom. The van der Waals surface area contributed by atoms with Crippen LogP contribution in [0.5, 0.6) is 0 Å². The van der Waals surface area contributed by atoms with E-state index in [-0.39, 0.29) is 5.69 Å². The van der Waals surface area contributed by atoms with Gasteiger partial charge in [-0.25, -0.2) is 4.98 Å². The van der Waals surface area contributed by atoms with Gasteiger partial charge in [-0.1, -0.05) is 56.9 Å². The zero-order valence-electron chi connectivity index (χ0n) is 16.0. The van der Waals surface area contributed by atoms with Gasteiger partial charge >= 0.3 is 10.2 Å². The molecule has 1 heterocycles. The highest BCUT2D eigenvalue weighted by Crippen LogP contribution is 3.02. The highest BCUT2D eigenvalue weighted by molar-refractivity contribution is 8.45. The minimum atomic E-state index is -9.73. The van der Waals surface area contributed by atoms with Crippen LogP contribution in [0, 0.1) is 0 Å². The third kappa shape index (κ3) is 5.06. The van der Waals surface area contributed by atoms with Gasteiger partial charge in [0.05, 0.1) is 0 Å². The summed E-state index contributed by atoms with van der Waals surface area (Å²) in [6.07, 6.45) is 1.48. The van der Waals surface area contributed by atoms with Gasteiger partial charge in [0.25, 0.3) is 0 Å². The third-order valence-corrected chi connectivity index (χ3v) is 7.85. The lowest BCUT2D eigenvalue weighted by Crippen LogP contribution is -2.06. The average Bonchev–Trinajstić information content (AvgIpc) is 2.72. The molecule has 0 fully saturated rings. The zero-order chi connectivity index (χ0) is 23.0. The highest BCUT2D eigenvalue weighted by Gasteiger charge is 2.65. The van der Waals surface area contributed by atoms with Crippen LogP contribution in [0.25, 0.3) is 11.1 Å². The fourth-order valence-corrected chi connectivity index (χ4v) is 4.67. The molecule has 0 unspecified atom stereocenters. The summed E-state index contributed by atoms with van der Waals surface area (Å²) < 4.78 is 77.1. The van der Waals surface area contributed by atoms with E-state index in [1.54, 1.807) is 36.4 Å². The standard InChI is InChI=1S/C21H18F5N2OPS/c1-3-30(29,4-2)18-11-7-16(8-12-18)20-6-5-15-27-21(20)28-17-9-13-19(14-10-17)31(22,23,24,25)26/h3-15H,1-2H2,(H,27,28). The Hall–Kier alpha value is -2.90. The molecule has 3 aromatic rings. The van der Waals surface area contributed by atoms with Crippen LogP contribution in [0.2, 0.25) is 0 Å². The quantitative estimate of drug-likeness (QED) is 0.277. The van der Waals surface area contributed by atoms with Crippen molar-refractivity contribution in [1.82, 2.24) is 4.98 Å². The summed E-state index contributed by atoms with van der Waals surface area (Å²) in [5, 5.41) is 3.39. The molecule has 31 heavy (non-hydrogen) atoms. The Morgan fingerprint density at radius 3 is 1.97 bits per heavy atom. The lowest BCUT2D eigenvalue weighted by atomic mass is 10.1. The van der Waals surface area contributed by atoms with Crippen molar-refractivity contribution in [2.75, 3.05) is 5.32 Å². The maximum atomic E-state index is 12.9. The van der Waals surface area contributed by atoms with E-state index in [0.29, 0.717) is 34.4 Å². The number of halogens is 5. The predicted molar refractivity (Wildman–Crippen MR) is 118 cm³/mol. The zero-order valence-corrected chi connectivity index (χ0v) is 17.7. The van der Waals surface area contributed by atoms with Crippen LogP contribution in [0.4, 0.5) is 30.9 Å². The molecule has 3 nitrogen and oxygen atoms in total. The van der Waals surface area contributed by atoms with Gasteiger partial charge < -0.3 is 9.88 Å². The van der Waals surface area contributed by atoms with Crippen LogP contribution in [0.15, 0.2) is 96.5 Å². The van der Waals surface area contributed by atoms with Crippen molar-refractivity contribution in [2.24, 2.45) is 0 Å². The molecule has 0 amide bonds. The van der Waals surface area contributed by atoms with Crippen LogP contribution in [-0.4, -0.2) is 4.98 Å². The molecule has 3 rings (SSSR count). The van der Waals surface area contributed by atoms with E-state index in [0.717, 1.165) is 12.1 Å². The molecule has 0 spiro atoms. The first-order valence-electron chi connectivity index (χ1n) is 8.79. The van der Waals surface area contributed by atoms with Crippen molar-refractivity contribution in [2.45, 2.75) is 4.90 Å². The lowest BCUT2D eigenvalue weighted by Gasteiger charge is -2.40. The van der Waals surface area contributed by atoms with Gasteiger partial charge in [0.1, 0.15) is 10.7 Å². The van der Waals surface area contributed by atoms with Crippen LogP contribution in [0.3, 0.4) is 0 Å². The maximum absolute atomic E-state index is 12.9. The SMILES string of the molecule is C=CP(=O)(C=C)c1ccc(-c2cccnc2Nc2ccc(S(F)(F)(F)(F)F)cc2)cc1. The summed E-state index contributed by atoms with van der Waals surface area (Å²) in [4.78, 5) is 2.23. The Balaban J connectivity index is 1.92. The van der Waals surface area contributed by atoms with Crippen molar-refractivity contribution in [1.29, 1.82) is 0 Å². The molecular weight excluding hydrogens is 454 g/mol. The van der Waals surface area contributed by atoms with Gasteiger partial charge in [-0.05, 0) is 53.6 Å². The fourth-order valence-electron chi connectivity index (χ4n) is 2.83. The van der Waals surface area contributed by atoms with E-state index < -0.39 is 22.3 Å². The number of nitrogens with one attached hydrogen (secondary N) is 1. The number of anilines is 2. The second kappa shape index (κ2) is 7.07. The summed E-state index contributed by atoms with van der Waals surface area (Å²) in [7, 11) is -12.6. The second-order valence-corrected chi connectivity index (χ2v) is 11.7. The topological polar surface area (TPSA) is 42.0 Å². The summed E-state index contributed by atoms with van der Waals surface area (Å²) in [5.41, 5.74) is 1.46. The number of rotatable bonds is 7. The average molecular weight is 472 g/mol. The van der Waals surface area contributed by atoms with Crippen LogP contribution in [0.1, 0.15) is 0 Å². The Bertz CT molecular complexity index is 1180. The van der Waals surface area contributed by atoms with Crippen molar-refractivity contribution < 1.29 is 24.0 Å². The van der Waals surface area contributed by atoms with E-state index in [2.05, 4.69) is 23.5 Å². The minimum absolute atomic E-state index is 0.157. The number of hydrogen-bond donors (Lipinski definition) is 1. The van der Waals surface area contributed by atoms with Crippen LogP contribution < -0.4 is 10.6 Å². The first-order chi connectivity index (χ1) is 14.3. The molecule has 10 heteroatoms. The molecule has 164 valence electrons. The minimum Gasteiger partial charge on any atom is -0.340 e. The monoisotopic (exact) mass is 472 g/mol. The second-order valence-electron chi connectivity index (χ2n) is 6.64. The predicted octanol–water partition coefficient (Wildman–Crippen LogP) is 8.43. The van der Waals surface area contributed by atoms with E-state index in [9.17, 15) is 24.0 Å². The molecule has 0 bridgehead atoms. The summed E-state index contributed by atoms with van der Waals surface area (Å²) in [5.74, 6) is 3.01. The maximum Gasteiger partial charge on any atom is 0.310 e. The molecule has 0 aliphatic rings. The van der Waals surface area contributed by atoms with Crippen LogP contribution >= 0.6 is 17.4 Å². The van der Waals surface area contributed by atoms with Crippen molar-refractivity contribution in [3.63, 3.8) is 0 Å². The lowest BCUT2D eigenvalue weighted by molar-refractivity contribution is 0.364. The van der Waals surface area contributed by atoms with Crippen molar-refractivity contribution >= 4 is 34.2 Å². The molecule has 1 N–H and O–H groups in total. The first kappa shape index (κ1) is 22.8. The molecule has 0 saturated carbocycles. The smallest absolute Gasteiger partial charge is 0.310 e. The number of benzene rings is 2. The number of hydrogen-bond acceptors (Lipinski definition) is 3. The molecule has 0 aliphatic carbocycles. The van der Waals surface area contributed by atoms with Gasteiger partial charge in [-0.3, -0.25) is 0 Å². The molecule has 0 atom stereocenters. The molecule has 0 radical (unpaired) electrons. The Morgan fingerprint density at radius 1 is 0.871 bits per heavy atom. The molecule has 1 aromatic heterocycles. The summed E-state index contributed by atoms with van der Waals surface area (Å²) in [6.45, 7) is 7.16. The molecule has 0 saturated heterocycles. The van der Waals surface area contributed by atoms with Crippen molar-refractivity contribution in [3.8, 4) is 11.1 Å². The van der Waals surface area contributed by atoms with Gasteiger partial charge in [0.15, 0.2) is 7.14 Å². The largest absolute Gasteiger partial charge is 0.340 e. The van der Waals surface area contributed by atoms with Crippen molar-refractivity contribution in [3.05, 3.63) is 91.7 Å².